The second-order valence-corrected chi connectivity index (χ2v) is 7.61. The van der Waals surface area contributed by atoms with Crippen molar-refractivity contribution in [2.45, 2.75) is 18.4 Å². The summed E-state index contributed by atoms with van der Waals surface area (Å²) in [5, 5.41) is 5.75. The molecule has 2 amide bonds. The Kier molecular flexibility index (Phi) is 7.14. The molecule has 0 fully saturated rings. The number of methoxy groups -OCH3 is 1. The van der Waals surface area contributed by atoms with Crippen molar-refractivity contribution in [1.29, 1.82) is 0 Å². The van der Waals surface area contributed by atoms with E-state index in [2.05, 4.69) is 10.6 Å². The Morgan fingerprint density at radius 2 is 1.67 bits per heavy atom. The minimum atomic E-state index is -0.335. The molecule has 3 rings (SSSR count). The molecule has 154 valence electrons. The quantitative estimate of drug-likeness (QED) is 0.533. The Morgan fingerprint density at radius 3 is 2.37 bits per heavy atom. The first-order chi connectivity index (χ1) is 14.5. The lowest BCUT2D eigenvalue weighted by atomic mass is 10.1. The van der Waals surface area contributed by atoms with Crippen molar-refractivity contribution >= 4 is 29.3 Å². The summed E-state index contributed by atoms with van der Waals surface area (Å²) >= 11 is 1.57. The van der Waals surface area contributed by atoms with E-state index in [4.69, 9.17) is 4.74 Å². The molecule has 0 saturated carbocycles. The van der Waals surface area contributed by atoms with Gasteiger partial charge < -0.3 is 15.4 Å². The number of anilines is 1. The smallest absolute Gasteiger partial charge is 0.259 e. The summed E-state index contributed by atoms with van der Waals surface area (Å²) in [7, 11) is 1.53. The lowest BCUT2D eigenvalue weighted by Crippen LogP contribution is -2.25. The van der Waals surface area contributed by atoms with Gasteiger partial charge in [-0.05, 0) is 49.1 Å². The molecule has 3 aromatic rings. The summed E-state index contributed by atoms with van der Waals surface area (Å²) < 4.78 is 5.37. The molecule has 6 heteroatoms. The molecular weight excluding hydrogens is 396 g/mol. The van der Waals surface area contributed by atoms with Gasteiger partial charge in [-0.25, -0.2) is 0 Å². The largest absolute Gasteiger partial charge is 0.496 e. The van der Waals surface area contributed by atoms with Crippen molar-refractivity contribution in [3.05, 3.63) is 89.0 Å². The number of carbonyl (C=O) groups is 2. The minimum Gasteiger partial charge on any atom is -0.496 e. The maximum atomic E-state index is 12.8. The monoisotopic (exact) mass is 420 g/mol. The SMILES string of the molecule is COc1cc(SC)ccc1C(=O)Nc1ccccc1C(=O)NCc1ccc(C)cc1. The Balaban J connectivity index is 1.75. The number of nitrogens with one attached hydrogen (secondary N) is 2. The number of carbonyl (C=O) groups excluding carboxylic acids is 2. The molecule has 5 nitrogen and oxygen atoms in total. The van der Waals surface area contributed by atoms with Crippen LogP contribution in [0.25, 0.3) is 0 Å². The zero-order valence-corrected chi connectivity index (χ0v) is 18.0. The number of rotatable bonds is 7. The van der Waals surface area contributed by atoms with Crippen LogP contribution in [0.4, 0.5) is 5.69 Å². The summed E-state index contributed by atoms with van der Waals surface area (Å²) in [6.45, 7) is 2.43. The van der Waals surface area contributed by atoms with Crippen LogP contribution in [0.15, 0.2) is 71.6 Å². The van der Waals surface area contributed by atoms with Crippen molar-refractivity contribution in [2.24, 2.45) is 0 Å². The maximum Gasteiger partial charge on any atom is 0.259 e. The van der Waals surface area contributed by atoms with E-state index in [1.54, 1.807) is 42.1 Å². The number of amides is 2. The highest BCUT2D eigenvalue weighted by atomic mass is 32.2. The van der Waals surface area contributed by atoms with Crippen LogP contribution >= 0.6 is 11.8 Å². The molecule has 0 radical (unpaired) electrons. The summed E-state index contributed by atoms with van der Waals surface area (Å²) in [6.07, 6.45) is 1.96. The van der Waals surface area contributed by atoms with Crippen LogP contribution in [0.2, 0.25) is 0 Å². The normalized spacial score (nSPS) is 10.4. The predicted octanol–water partition coefficient (Wildman–Crippen LogP) is 4.91. The van der Waals surface area contributed by atoms with Gasteiger partial charge in [0.25, 0.3) is 11.8 Å². The fourth-order valence-corrected chi connectivity index (χ4v) is 3.38. The van der Waals surface area contributed by atoms with E-state index in [0.29, 0.717) is 29.1 Å². The van der Waals surface area contributed by atoms with E-state index in [0.717, 1.165) is 10.5 Å². The minimum absolute atomic E-state index is 0.254. The molecule has 0 aliphatic carbocycles. The first kappa shape index (κ1) is 21.5. The average molecular weight is 421 g/mol. The van der Waals surface area contributed by atoms with Crippen LogP contribution in [-0.4, -0.2) is 25.2 Å². The molecule has 30 heavy (non-hydrogen) atoms. The number of hydrogen-bond acceptors (Lipinski definition) is 4. The summed E-state index contributed by atoms with van der Waals surface area (Å²) in [5.41, 5.74) is 3.43. The van der Waals surface area contributed by atoms with Gasteiger partial charge in [-0.15, -0.1) is 11.8 Å². The number of ether oxygens (including phenoxy) is 1. The van der Waals surface area contributed by atoms with Gasteiger partial charge >= 0.3 is 0 Å². The van der Waals surface area contributed by atoms with Gasteiger partial charge in [0, 0.05) is 11.4 Å². The number of aryl methyl sites for hydroxylation is 1. The van der Waals surface area contributed by atoms with Crippen LogP contribution in [0.3, 0.4) is 0 Å². The highest BCUT2D eigenvalue weighted by Gasteiger charge is 2.17. The third kappa shape index (κ3) is 5.21. The standard InChI is InChI=1S/C24H24N2O3S/c1-16-8-10-17(11-9-16)15-25-23(27)19-6-4-5-7-21(19)26-24(28)20-13-12-18(30-3)14-22(20)29-2/h4-14H,15H2,1-3H3,(H,25,27)(H,26,28). The van der Waals surface area contributed by atoms with E-state index in [1.165, 1.54) is 12.7 Å². The van der Waals surface area contributed by atoms with Gasteiger partial charge in [0.2, 0.25) is 0 Å². The molecule has 0 aliphatic heterocycles. The third-order valence-electron chi connectivity index (χ3n) is 4.65. The molecule has 0 heterocycles. The Labute approximate surface area is 180 Å². The molecule has 3 aromatic carbocycles. The van der Waals surface area contributed by atoms with Crippen LogP contribution in [0, 0.1) is 6.92 Å². The zero-order chi connectivity index (χ0) is 21.5. The van der Waals surface area contributed by atoms with Crippen molar-refractivity contribution < 1.29 is 14.3 Å². The van der Waals surface area contributed by atoms with E-state index < -0.39 is 0 Å². The lowest BCUT2D eigenvalue weighted by molar-refractivity contribution is 0.0952. The van der Waals surface area contributed by atoms with E-state index in [9.17, 15) is 9.59 Å². The maximum absolute atomic E-state index is 12.8. The average Bonchev–Trinajstić information content (AvgIpc) is 2.78. The van der Waals surface area contributed by atoms with Crippen LogP contribution in [0.5, 0.6) is 5.75 Å². The molecule has 0 spiro atoms. The Morgan fingerprint density at radius 1 is 0.933 bits per heavy atom. The molecule has 2 N–H and O–H groups in total. The number of para-hydroxylation sites is 1. The first-order valence-corrected chi connectivity index (χ1v) is 10.7. The van der Waals surface area contributed by atoms with Crippen molar-refractivity contribution in [3.63, 3.8) is 0 Å². The predicted molar refractivity (Wildman–Crippen MR) is 122 cm³/mol. The lowest BCUT2D eigenvalue weighted by Gasteiger charge is -2.13. The molecule has 0 saturated heterocycles. The topological polar surface area (TPSA) is 67.4 Å². The number of hydrogen-bond donors (Lipinski definition) is 2. The van der Waals surface area contributed by atoms with Gasteiger partial charge in [-0.2, -0.15) is 0 Å². The highest BCUT2D eigenvalue weighted by Crippen LogP contribution is 2.26. The number of thioether (sulfide) groups is 1. The van der Waals surface area contributed by atoms with Gasteiger partial charge in [0.05, 0.1) is 23.9 Å². The van der Waals surface area contributed by atoms with Crippen LogP contribution in [-0.2, 0) is 6.54 Å². The fraction of sp³-hybridized carbons (Fsp3) is 0.167. The zero-order valence-electron chi connectivity index (χ0n) is 17.2. The van der Waals surface area contributed by atoms with Gasteiger partial charge in [-0.3, -0.25) is 9.59 Å². The molecule has 0 atom stereocenters. The Bertz CT molecular complexity index is 1050. The highest BCUT2D eigenvalue weighted by molar-refractivity contribution is 7.98. The molecule has 0 aliphatic rings. The number of benzene rings is 3. The van der Waals surface area contributed by atoms with Crippen molar-refractivity contribution in [3.8, 4) is 5.75 Å². The van der Waals surface area contributed by atoms with E-state index in [1.807, 2.05) is 49.6 Å². The van der Waals surface area contributed by atoms with Crippen molar-refractivity contribution in [2.75, 3.05) is 18.7 Å². The Hall–Kier alpha value is -3.25. The van der Waals surface area contributed by atoms with Gasteiger partial charge in [0.1, 0.15) is 5.75 Å². The molecular formula is C24H24N2O3S. The van der Waals surface area contributed by atoms with E-state index >= 15 is 0 Å². The summed E-state index contributed by atoms with van der Waals surface area (Å²) in [5.74, 6) is -0.102. The molecule has 0 unspecified atom stereocenters. The van der Waals surface area contributed by atoms with Crippen molar-refractivity contribution in [1.82, 2.24) is 5.32 Å². The first-order valence-electron chi connectivity index (χ1n) is 9.48. The van der Waals surface area contributed by atoms with Gasteiger partial charge in [0.15, 0.2) is 0 Å². The van der Waals surface area contributed by atoms with Crippen LogP contribution < -0.4 is 15.4 Å². The molecule has 0 aromatic heterocycles. The summed E-state index contributed by atoms with van der Waals surface area (Å²) in [6, 6.07) is 20.3. The second-order valence-electron chi connectivity index (χ2n) is 6.73. The van der Waals surface area contributed by atoms with Crippen LogP contribution in [0.1, 0.15) is 31.8 Å². The molecule has 0 bridgehead atoms. The van der Waals surface area contributed by atoms with Gasteiger partial charge in [-0.1, -0.05) is 42.0 Å². The third-order valence-corrected chi connectivity index (χ3v) is 5.37. The second kappa shape index (κ2) is 9.98. The summed E-state index contributed by atoms with van der Waals surface area (Å²) in [4.78, 5) is 26.6. The fourth-order valence-electron chi connectivity index (χ4n) is 2.95. The van der Waals surface area contributed by atoms with E-state index in [-0.39, 0.29) is 11.8 Å².